The lowest BCUT2D eigenvalue weighted by atomic mass is 10.1. The first-order valence-electron chi connectivity index (χ1n) is 10.0. The Morgan fingerprint density at radius 2 is 1.72 bits per heavy atom. The molecule has 0 radical (unpaired) electrons. The maximum absolute atomic E-state index is 14.1. The maximum Gasteiger partial charge on any atom is 0.154 e. The van der Waals surface area contributed by atoms with Crippen LogP contribution in [0, 0.1) is 5.82 Å². The Morgan fingerprint density at radius 1 is 0.897 bits per heavy atom. The van der Waals surface area contributed by atoms with Crippen molar-refractivity contribution in [3.8, 4) is 22.5 Å². The van der Waals surface area contributed by atoms with Gasteiger partial charge >= 0.3 is 0 Å². The molecule has 0 spiro atoms. The van der Waals surface area contributed by atoms with Gasteiger partial charge in [0.2, 0.25) is 0 Å². The fourth-order valence-electron chi connectivity index (χ4n) is 3.95. The number of fused-ring (bicyclic) bond motifs is 1. The highest BCUT2D eigenvalue weighted by Crippen LogP contribution is 2.25. The van der Waals surface area contributed by atoms with E-state index in [9.17, 15) is 4.39 Å². The summed E-state index contributed by atoms with van der Waals surface area (Å²) in [4.78, 5) is 10.8. The summed E-state index contributed by atoms with van der Waals surface area (Å²) in [5, 5.41) is 4.64. The van der Waals surface area contributed by atoms with Crippen LogP contribution in [0.25, 0.3) is 28.2 Å². The minimum absolute atomic E-state index is 0.386. The smallest absolute Gasteiger partial charge is 0.154 e. The monoisotopic (exact) mass is 387 g/mol. The molecule has 5 nitrogen and oxygen atoms in total. The number of pyridine rings is 1. The Bertz CT molecular complexity index is 1130. The van der Waals surface area contributed by atoms with E-state index < -0.39 is 0 Å². The van der Waals surface area contributed by atoms with E-state index in [1.807, 2.05) is 12.3 Å². The topological polar surface area (TPSA) is 46.3 Å². The first-order valence-corrected chi connectivity index (χ1v) is 10.0. The Kier molecular flexibility index (Phi) is 4.77. The molecular formula is C23H22FN5. The van der Waals surface area contributed by atoms with E-state index in [0.717, 1.165) is 23.4 Å². The SMILES string of the molecule is Fc1cnccc1-c1ccc2ncc(-c3ccc(CN4CCCCC4)cc3)n2n1. The van der Waals surface area contributed by atoms with Crippen molar-refractivity contribution in [2.24, 2.45) is 0 Å². The molecule has 1 aromatic carbocycles. The predicted octanol–water partition coefficient (Wildman–Crippen LogP) is 4.58. The van der Waals surface area contributed by atoms with Crippen molar-refractivity contribution in [2.45, 2.75) is 25.8 Å². The summed E-state index contributed by atoms with van der Waals surface area (Å²) in [6, 6.07) is 13.9. The third-order valence-electron chi connectivity index (χ3n) is 5.52. The maximum atomic E-state index is 14.1. The summed E-state index contributed by atoms with van der Waals surface area (Å²) in [5.74, 6) is -0.386. The first kappa shape index (κ1) is 17.9. The lowest BCUT2D eigenvalue weighted by molar-refractivity contribution is 0.221. The third-order valence-corrected chi connectivity index (χ3v) is 5.52. The van der Waals surface area contributed by atoms with Crippen molar-refractivity contribution in [1.82, 2.24) is 24.5 Å². The molecule has 1 aliphatic heterocycles. The van der Waals surface area contributed by atoms with Crippen LogP contribution in [0.15, 0.2) is 61.1 Å². The van der Waals surface area contributed by atoms with Crippen LogP contribution < -0.4 is 0 Å². The van der Waals surface area contributed by atoms with Gasteiger partial charge in [-0.05, 0) is 49.7 Å². The first-order chi connectivity index (χ1) is 14.3. The number of aromatic nitrogens is 4. The van der Waals surface area contributed by atoms with E-state index in [2.05, 4.69) is 44.2 Å². The van der Waals surface area contributed by atoms with Crippen molar-refractivity contribution >= 4 is 5.65 Å². The van der Waals surface area contributed by atoms with Gasteiger partial charge in [0.1, 0.15) is 0 Å². The molecule has 4 aromatic rings. The Morgan fingerprint density at radius 3 is 2.52 bits per heavy atom. The lowest BCUT2D eigenvalue weighted by Gasteiger charge is -2.26. The standard InChI is InChI=1S/C23H22FN5/c24-20-14-25-11-10-19(20)21-8-9-23-26-15-22(29(23)27-21)18-6-4-17(5-7-18)16-28-12-2-1-3-13-28/h4-11,14-15H,1-3,12-13,16H2. The number of hydrogen-bond acceptors (Lipinski definition) is 4. The number of likely N-dealkylation sites (tertiary alicyclic amines) is 1. The highest BCUT2D eigenvalue weighted by Gasteiger charge is 2.13. The molecule has 0 amide bonds. The third kappa shape index (κ3) is 3.63. The van der Waals surface area contributed by atoms with Crippen molar-refractivity contribution in [2.75, 3.05) is 13.1 Å². The normalized spacial score (nSPS) is 15.1. The summed E-state index contributed by atoms with van der Waals surface area (Å²) in [5.41, 5.74) is 4.96. The van der Waals surface area contributed by atoms with Gasteiger partial charge in [0.05, 0.1) is 23.8 Å². The van der Waals surface area contributed by atoms with E-state index >= 15 is 0 Å². The molecule has 146 valence electrons. The molecule has 0 aliphatic carbocycles. The van der Waals surface area contributed by atoms with Crippen LogP contribution >= 0.6 is 0 Å². The highest BCUT2D eigenvalue weighted by atomic mass is 19.1. The van der Waals surface area contributed by atoms with Crippen LogP contribution in [0.2, 0.25) is 0 Å². The van der Waals surface area contributed by atoms with Gasteiger partial charge in [0.15, 0.2) is 11.5 Å². The second-order valence-electron chi connectivity index (χ2n) is 7.52. The molecule has 0 saturated carbocycles. The summed E-state index contributed by atoms with van der Waals surface area (Å²) >= 11 is 0. The Hall–Kier alpha value is -3.12. The fourth-order valence-corrected chi connectivity index (χ4v) is 3.95. The predicted molar refractivity (Wildman–Crippen MR) is 111 cm³/mol. The molecule has 3 aromatic heterocycles. The largest absolute Gasteiger partial charge is 0.299 e. The number of rotatable bonds is 4. The number of halogens is 1. The van der Waals surface area contributed by atoms with Gasteiger partial charge in [-0.2, -0.15) is 5.10 Å². The molecule has 0 atom stereocenters. The fraction of sp³-hybridized carbons (Fsp3) is 0.261. The average molecular weight is 387 g/mol. The number of piperidine rings is 1. The van der Waals surface area contributed by atoms with E-state index in [0.29, 0.717) is 11.3 Å². The van der Waals surface area contributed by atoms with E-state index in [1.54, 1.807) is 22.8 Å². The molecule has 6 heteroatoms. The van der Waals surface area contributed by atoms with Crippen molar-refractivity contribution in [3.63, 3.8) is 0 Å². The highest BCUT2D eigenvalue weighted by molar-refractivity contribution is 5.66. The van der Waals surface area contributed by atoms with Crippen LogP contribution in [0.1, 0.15) is 24.8 Å². The van der Waals surface area contributed by atoms with Crippen LogP contribution in [0.3, 0.4) is 0 Å². The van der Waals surface area contributed by atoms with Crippen molar-refractivity contribution in [3.05, 3.63) is 72.4 Å². The summed E-state index contributed by atoms with van der Waals surface area (Å²) < 4.78 is 15.9. The zero-order valence-corrected chi connectivity index (χ0v) is 16.1. The second kappa shape index (κ2) is 7.72. The number of benzene rings is 1. The van der Waals surface area contributed by atoms with Crippen molar-refractivity contribution < 1.29 is 4.39 Å². The van der Waals surface area contributed by atoms with Gasteiger partial charge in [-0.1, -0.05) is 30.7 Å². The van der Waals surface area contributed by atoms with Crippen molar-refractivity contribution in [1.29, 1.82) is 0 Å². The Balaban J connectivity index is 1.45. The summed E-state index contributed by atoms with van der Waals surface area (Å²) in [6.45, 7) is 3.37. The van der Waals surface area contributed by atoms with Crippen LogP contribution in [-0.2, 0) is 6.54 Å². The van der Waals surface area contributed by atoms with E-state index in [1.165, 1.54) is 44.1 Å². The zero-order valence-electron chi connectivity index (χ0n) is 16.1. The van der Waals surface area contributed by atoms with E-state index in [-0.39, 0.29) is 5.82 Å². The number of hydrogen-bond donors (Lipinski definition) is 0. The molecule has 4 heterocycles. The van der Waals surface area contributed by atoms with Gasteiger partial charge in [0.25, 0.3) is 0 Å². The molecule has 5 rings (SSSR count). The van der Waals surface area contributed by atoms with Gasteiger partial charge < -0.3 is 0 Å². The van der Waals surface area contributed by atoms with Gasteiger partial charge in [-0.25, -0.2) is 13.9 Å². The van der Waals surface area contributed by atoms with Crippen LogP contribution in [0.5, 0.6) is 0 Å². The average Bonchev–Trinajstić information content (AvgIpc) is 3.19. The molecular weight excluding hydrogens is 365 g/mol. The molecule has 1 fully saturated rings. The molecule has 0 unspecified atom stereocenters. The summed E-state index contributed by atoms with van der Waals surface area (Å²) in [7, 11) is 0. The number of nitrogens with zero attached hydrogens (tertiary/aromatic N) is 5. The van der Waals surface area contributed by atoms with Crippen LogP contribution in [0.4, 0.5) is 4.39 Å². The quantitative estimate of drug-likeness (QED) is 0.514. The van der Waals surface area contributed by atoms with E-state index in [4.69, 9.17) is 0 Å². The summed E-state index contributed by atoms with van der Waals surface area (Å²) in [6.07, 6.45) is 8.53. The lowest BCUT2D eigenvalue weighted by Crippen LogP contribution is -2.28. The molecule has 1 saturated heterocycles. The van der Waals surface area contributed by atoms with Gasteiger partial charge in [0, 0.05) is 23.9 Å². The van der Waals surface area contributed by atoms with Crippen LogP contribution in [-0.4, -0.2) is 37.6 Å². The minimum atomic E-state index is -0.386. The molecule has 0 bridgehead atoms. The minimum Gasteiger partial charge on any atom is -0.299 e. The van der Waals surface area contributed by atoms with Gasteiger partial charge in [-0.15, -0.1) is 0 Å². The molecule has 1 aliphatic rings. The second-order valence-corrected chi connectivity index (χ2v) is 7.52. The van der Waals surface area contributed by atoms with Gasteiger partial charge in [-0.3, -0.25) is 9.88 Å². The number of imidazole rings is 1. The zero-order chi connectivity index (χ0) is 19.6. The molecule has 29 heavy (non-hydrogen) atoms. The molecule has 0 N–H and O–H groups in total. The Labute approximate surface area is 168 Å².